The molecule has 11 nitrogen and oxygen atoms in total. The highest BCUT2D eigenvalue weighted by Crippen LogP contribution is 2.22. The number of aliphatic hydroxyl groups excluding tert-OH is 3. The number of ether oxygens (including phenoxy) is 1. The van der Waals surface area contributed by atoms with Crippen LogP contribution in [0.2, 0.25) is 0 Å². The summed E-state index contributed by atoms with van der Waals surface area (Å²) in [6, 6.07) is -3.15. The topological polar surface area (TPSA) is 191 Å². The Kier molecular flexibility index (Phi) is 8.16. The second-order valence-corrected chi connectivity index (χ2v) is 6.69. The summed E-state index contributed by atoms with van der Waals surface area (Å²) in [4.78, 5) is 35.0. The minimum Gasteiger partial charge on any atom is -0.480 e. The number of carboxylic acid groups (broad SMARTS) is 1. The van der Waals surface area contributed by atoms with Crippen molar-refractivity contribution in [2.24, 2.45) is 11.7 Å². The van der Waals surface area contributed by atoms with Crippen molar-refractivity contribution in [1.82, 2.24) is 10.6 Å². The monoisotopic (exact) mass is 389 g/mol. The Balaban J connectivity index is 3.10. The lowest BCUT2D eigenvalue weighted by molar-refractivity contribution is -0.144. The highest BCUT2D eigenvalue weighted by molar-refractivity contribution is 5.94. The maximum atomic E-state index is 12.4. The quantitative estimate of drug-likeness (QED) is 0.227. The molecule has 1 aliphatic heterocycles. The Morgan fingerprint density at radius 3 is 2.33 bits per heavy atom. The van der Waals surface area contributed by atoms with Gasteiger partial charge in [-0.3, -0.25) is 9.59 Å². The number of carboxylic acids is 1. The molecule has 0 aromatic carbocycles. The van der Waals surface area contributed by atoms with Gasteiger partial charge in [-0.05, 0) is 12.0 Å². The molecular formula is C16H27N3O8. The van der Waals surface area contributed by atoms with Gasteiger partial charge in [0.15, 0.2) is 5.76 Å². The third kappa shape index (κ3) is 5.89. The first-order valence-corrected chi connectivity index (χ1v) is 8.41. The molecule has 0 aromatic rings. The number of nitrogens with two attached hydrogens (primary N) is 1. The van der Waals surface area contributed by atoms with Gasteiger partial charge in [-0.15, -0.1) is 0 Å². The lowest BCUT2D eigenvalue weighted by Crippen LogP contribution is -2.62. The van der Waals surface area contributed by atoms with Crippen LogP contribution in [0.1, 0.15) is 20.8 Å². The number of hydrogen-bond acceptors (Lipinski definition) is 8. The molecule has 27 heavy (non-hydrogen) atoms. The molecule has 11 heteroatoms. The first-order chi connectivity index (χ1) is 12.5. The SMILES string of the molecule is CC(=O)N[C@H]1[C@H]([C@H](O)[C@H](O)CO)OC(C(=O)N[C@H](C(=O)O)C(C)C)=C[C@@H]1N. The minimum atomic E-state index is -1.67. The van der Waals surface area contributed by atoms with Gasteiger partial charge in [0.1, 0.15) is 24.4 Å². The largest absolute Gasteiger partial charge is 0.480 e. The Morgan fingerprint density at radius 2 is 1.89 bits per heavy atom. The molecule has 1 rings (SSSR count). The highest BCUT2D eigenvalue weighted by atomic mass is 16.5. The molecule has 0 aromatic heterocycles. The third-order valence-electron chi connectivity index (χ3n) is 4.11. The van der Waals surface area contributed by atoms with Crippen molar-refractivity contribution < 1.29 is 39.5 Å². The van der Waals surface area contributed by atoms with E-state index in [-0.39, 0.29) is 5.76 Å². The van der Waals surface area contributed by atoms with Gasteiger partial charge in [-0.2, -0.15) is 0 Å². The van der Waals surface area contributed by atoms with Crippen molar-refractivity contribution in [3.63, 3.8) is 0 Å². The van der Waals surface area contributed by atoms with Crippen molar-refractivity contribution in [3.8, 4) is 0 Å². The van der Waals surface area contributed by atoms with Gasteiger partial charge in [-0.25, -0.2) is 4.79 Å². The smallest absolute Gasteiger partial charge is 0.326 e. The van der Waals surface area contributed by atoms with Crippen LogP contribution in [-0.2, 0) is 19.1 Å². The highest BCUT2D eigenvalue weighted by Gasteiger charge is 2.42. The average molecular weight is 389 g/mol. The standard InChI is InChI=1S/C16H27N3O8/c1-6(2)11(16(25)26)19-15(24)10-4-8(17)12(18-7(3)21)14(27-10)13(23)9(22)5-20/h4,6,8-9,11-14,20,22-23H,5,17H2,1-3H3,(H,18,21)(H,19,24)(H,25,26)/t8-,9+,11-,12+,13+,14+/m0/s1. The van der Waals surface area contributed by atoms with E-state index >= 15 is 0 Å². The molecule has 0 saturated carbocycles. The van der Waals surface area contributed by atoms with Crippen molar-refractivity contribution in [2.75, 3.05) is 6.61 Å². The molecule has 0 fully saturated rings. The summed E-state index contributed by atoms with van der Waals surface area (Å²) in [5.74, 6) is -3.35. The maximum absolute atomic E-state index is 12.4. The molecular weight excluding hydrogens is 362 g/mol. The summed E-state index contributed by atoms with van der Waals surface area (Å²) < 4.78 is 5.42. The summed E-state index contributed by atoms with van der Waals surface area (Å²) in [6.07, 6.45) is -3.44. The number of aliphatic carboxylic acids is 1. The predicted octanol–water partition coefficient (Wildman–Crippen LogP) is -2.96. The van der Waals surface area contributed by atoms with E-state index in [9.17, 15) is 29.7 Å². The number of aliphatic hydroxyl groups is 3. The van der Waals surface area contributed by atoms with Crippen LogP contribution >= 0.6 is 0 Å². The number of amides is 2. The Bertz CT molecular complexity index is 594. The Labute approximate surface area is 156 Å². The zero-order valence-electron chi connectivity index (χ0n) is 15.3. The summed E-state index contributed by atoms with van der Waals surface area (Å²) >= 11 is 0. The van der Waals surface area contributed by atoms with E-state index in [1.54, 1.807) is 13.8 Å². The molecule has 154 valence electrons. The molecule has 0 unspecified atom stereocenters. The van der Waals surface area contributed by atoms with Crippen LogP contribution in [-0.4, -0.2) is 81.3 Å². The van der Waals surface area contributed by atoms with Crippen molar-refractivity contribution >= 4 is 17.8 Å². The maximum Gasteiger partial charge on any atom is 0.326 e. The van der Waals surface area contributed by atoms with Crippen molar-refractivity contribution in [1.29, 1.82) is 0 Å². The number of carbonyl (C=O) groups excluding carboxylic acids is 2. The lowest BCUT2D eigenvalue weighted by atomic mass is 9.92. The zero-order chi connectivity index (χ0) is 20.9. The molecule has 8 N–H and O–H groups in total. The molecule has 2 amide bonds. The molecule has 1 heterocycles. The van der Waals surface area contributed by atoms with Crippen LogP contribution in [0.15, 0.2) is 11.8 Å². The van der Waals surface area contributed by atoms with Gasteiger partial charge in [0.25, 0.3) is 5.91 Å². The first kappa shape index (κ1) is 22.8. The molecule has 0 bridgehead atoms. The Hall–Kier alpha value is -2.21. The van der Waals surface area contributed by atoms with Gasteiger partial charge in [0.2, 0.25) is 5.91 Å². The fraction of sp³-hybridized carbons (Fsp3) is 0.688. The van der Waals surface area contributed by atoms with E-state index in [1.807, 2.05) is 0 Å². The van der Waals surface area contributed by atoms with Crippen LogP contribution in [0.4, 0.5) is 0 Å². The Morgan fingerprint density at radius 1 is 1.30 bits per heavy atom. The van der Waals surface area contributed by atoms with Gasteiger partial charge in [0.05, 0.1) is 18.7 Å². The van der Waals surface area contributed by atoms with Crippen molar-refractivity contribution in [3.05, 3.63) is 11.8 Å². The van der Waals surface area contributed by atoms with E-state index in [0.717, 1.165) is 0 Å². The van der Waals surface area contributed by atoms with E-state index in [1.165, 1.54) is 13.0 Å². The van der Waals surface area contributed by atoms with Crippen LogP contribution in [0.25, 0.3) is 0 Å². The minimum absolute atomic E-state index is 0.356. The molecule has 6 atom stereocenters. The molecule has 0 radical (unpaired) electrons. The summed E-state index contributed by atoms with van der Waals surface area (Å²) in [5.41, 5.74) is 5.95. The fourth-order valence-corrected chi connectivity index (χ4v) is 2.63. The fourth-order valence-electron chi connectivity index (χ4n) is 2.63. The third-order valence-corrected chi connectivity index (χ3v) is 4.11. The second kappa shape index (κ2) is 9.65. The van der Waals surface area contributed by atoms with Gasteiger partial charge in [0, 0.05) is 6.92 Å². The van der Waals surface area contributed by atoms with E-state index in [0.29, 0.717) is 0 Å². The van der Waals surface area contributed by atoms with Crippen LogP contribution in [0.3, 0.4) is 0 Å². The average Bonchev–Trinajstić information content (AvgIpc) is 2.58. The van der Waals surface area contributed by atoms with Crippen molar-refractivity contribution in [2.45, 2.75) is 57.2 Å². The van der Waals surface area contributed by atoms with Gasteiger partial charge in [-0.1, -0.05) is 13.8 Å². The van der Waals surface area contributed by atoms with E-state index in [2.05, 4.69) is 10.6 Å². The number of hydrogen-bond donors (Lipinski definition) is 7. The number of nitrogens with one attached hydrogen (secondary N) is 2. The summed E-state index contributed by atoms with van der Waals surface area (Å²) in [6.45, 7) is 3.64. The predicted molar refractivity (Wildman–Crippen MR) is 92.0 cm³/mol. The molecule has 0 spiro atoms. The first-order valence-electron chi connectivity index (χ1n) is 8.41. The molecule has 0 saturated heterocycles. The number of rotatable bonds is 8. The van der Waals surface area contributed by atoms with E-state index in [4.69, 9.17) is 15.6 Å². The zero-order valence-corrected chi connectivity index (χ0v) is 15.3. The summed E-state index contributed by atoms with van der Waals surface area (Å²) in [5, 5.41) is 42.9. The van der Waals surface area contributed by atoms with Crippen LogP contribution < -0.4 is 16.4 Å². The lowest BCUT2D eigenvalue weighted by Gasteiger charge is -2.39. The molecule has 1 aliphatic rings. The normalized spacial score (nSPS) is 25.6. The van der Waals surface area contributed by atoms with Crippen LogP contribution in [0, 0.1) is 5.92 Å². The second-order valence-electron chi connectivity index (χ2n) is 6.69. The van der Waals surface area contributed by atoms with Gasteiger partial charge >= 0.3 is 5.97 Å². The van der Waals surface area contributed by atoms with Crippen LogP contribution in [0.5, 0.6) is 0 Å². The number of carbonyl (C=O) groups is 3. The van der Waals surface area contributed by atoms with Gasteiger partial charge < -0.3 is 41.5 Å². The summed E-state index contributed by atoms with van der Waals surface area (Å²) in [7, 11) is 0. The van der Waals surface area contributed by atoms with E-state index < -0.39 is 66.7 Å². The molecule has 0 aliphatic carbocycles.